The summed E-state index contributed by atoms with van der Waals surface area (Å²) in [6.45, 7) is 0.733. The third kappa shape index (κ3) is 25.6. The van der Waals surface area contributed by atoms with Gasteiger partial charge in [0.1, 0.15) is 58.0 Å². The van der Waals surface area contributed by atoms with Gasteiger partial charge in [0.05, 0.1) is 34.3 Å². The van der Waals surface area contributed by atoms with Crippen LogP contribution >= 0.6 is 71.7 Å². The second kappa shape index (κ2) is 41.6. The Kier molecular flexibility index (Phi) is 30.6. The molecule has 1 saturated heterocycles. The maximum atomic E-state index is 12.2. The van der Waals surface area contributed by atoms with Gasteiger partial charge in [0.25, 0.3) is 11.8 Å². The molecule has 11 aromatic rings. The smallest absolute Gasteiger partial charge is 0.355 e. The number of pyridine rings is 2. The SMILES string of the molecule is NCc1ccc(COc2nc(N)nc3nc[nH]c23)cc1.Nc1nc(OCc2ccc(CCC(=O)CCS)cc2)c2[nH]cnc2n1.Nc1nc(OCc2ccc(CCC(=O)CCSSc3ccccn3)cc2)c2[nH]cnc2n1.O=C(CCSSc1ccccn1)ON1C(=O)CCC1=O.[2H][3H].[2H][P+](P)=S.[3HH]. The van der Waals surface area contributed by atoms with Gasteiger partial charge in [-0.2, -0.15) is 42.5 Å². The first kappa shape index (κ1) is 73.7. The number of hydrogen-bond acceptors (Lipinski definition) is 30. The van der Waals surface area contributed by atoms with E-state index in [1.165, 1.54) is 40.6 Å². The minimum Gasteiger partial charge on any atom is -0.471 e. The third-order valence-electron chi connectivity index (χ3n) is 13.6. The predicted molar refractivity (Wildman–Crippen MR) is 405 cm³/mol. The van der Waals surface area contributed by atoms with Crippen LogP contribution in [-0.2, 0) is 79.8 Å². The van der Waals surface area contributed by atoms with Gasteiger partial charge in [0.2, 0.25) is 35.5 Å². The summed E-state index contributed by atoms with van der Waals surface area (Å²) >= 11 is 8.39. The van der Waals surface area contributed by atoms with Crippen molar-refractivity contribution in [3.05, 3.63) is 174 Å². The molecule has 8 aromatic heterocycles. The van der Waals surface area contributed by atoms with Gasteiger partial charge in [-0.3, -0.25) is 19.2 Å². The zero-order valence-electron chi connectivity index (χ0n) is 56.5. The minimum absolute atomic E-state index is 0. The highest BCUT2D eigenvalue weighted by Gasteiger charge is 2.32. The largest absolute Gasteiger partial charge is 0.471 e. The fourth-order valence-electron chi connectivity index (χ4n) is 8.64. The molecular formula is C64H74N19O9P2S6+. The van der Waals surface area contributed by atoms with Crippen molar-refractivity contribution < 1.29 is 47.4 Å². The number of imide groups is 1. The number of aromatic amines is 3. The molecule has 12 rings (SSSR count). The van der Waals surface area contributed by atoms with Crippen LogP contribution in [0.4, 0.5) is 17.8 Å². The Morgan fingerprint density at radius 1 is 0.570 bits per heavy atom. The monoisotopic (exact) mass is 1510 g/mol. The maximum Gasteiger partial charge on any atom is 0.355 e. The van der Waals surface area contributed by atoms with E-state index in [1.807, 2.05) is 109 Å². The molecule has 36 heteroatoms. The lowest BCUT2D eigenvalue weighted by Crippen LogP contribution is -2.32. The van der Waals surface area contributed by atoms with Crippen LogP contribution in [0.2, 0.25) is 0 Å². The number of nitrogen functional groups attached to an aromatic ring is 3. The fourth-order valence-corrected chi connectivity index (χ4v) is 12.6. The summed E-state index contributed by atoms with van der Waals surface area (Å²) < 4.78 is 33.7. The number of nitrogens with one attached hydrogen (secondary N) is 3. The zero-order chi connectivity index (χ0) is 73.7. The number of anilines is 3. The number of imidazole rings is 3. The van der Waals surface area contributed by atoms with E-state index in [1.54, 1.807) is 34.0 Å². The molecule has 524 valence electrons. The first-order valence-electron chi connectivity index (χ1n) is 32.0. The number of fused-ring (bicyclic) bond motifs is 3. The van der Waals surface area contributed by atoms with Crippen molar-refractivity contribution >= 4 is 164 Å². The Morgan fingerprint density at radius 2 is 0.940 bits per heavy atom. The van der Waals surface area contributed by atoms with E-state index in [-0.39, 0.29) is 50.1 Å². The van der Waals surface area contributed by atoms with Gasteiger partial charge in [-0.05, 0) is 97.8 Å². The Labute approximate surface area is 609 Å². The molecule has 1 aliphatic heterocycles. The number of thiol groups is 1. The number of hydrogen-bond donors (Lipinski definition) is 8. The lowest BCUT2D eigenvalue weighted by atomic mass is 10.0. The molecule has 28 nitrogen and oxygen atoms in total. The van der Waals surface area contributed by atoms with E-state index < -0.39 is 24.8 Å². The highest BCUT2D eigenvalue weighted by molar-refractivity contribution is 8.77. The Morgan fingerprint density at radius 3 is 1.31 bits per heavy atom. The summed E-state index contributed by atoms with van der Waals surface area (Å²) in [5.74, 6) is 2.44. The molecule has 2 atom stereocenters. The van der Waals surface area contributed by atoms with E-state index in [2.05, 4.69) is 103 Å². The van der Waals surface area contributed by atoms with E-state index in [0.717, 1.165) is 62.0 Å². The highest BCUT2D eigenvalue weighted by atomic mass is 33.1. The van der Waals surface area contributed by atoms with Gasteiger partial charge in [-0.15, -0.1) is 5.06 Å². The number of ketones is 2. The summed E-state index contributed by atoms with van der Waals surface area (Å²) in [5, 5.41) is 2.39. The van der Waals surface area contributed by atoms with Crippen LogP contribution in [-0.4, -0.2) is 123 Å². The molecule has 0 bridgehead atoms. The van der Waals surface area contributed by atoms with Crippen LogP contribution in [0.15, 0.2) is 151 Å². The van der Waals surface area contributed by atoms with Crippen LogP contribution in [0.1, 0.15) is 82.7 Å². The summed E-state index contributed by atoms with van der Waals surface area (Å²) in [7, 11) is 8.38. The molecule has 2 unspecified atom stereocenters. The number of carbonyl (C=O) groups is 5. The van der Waals surface area contributed by atoms with Crippen LogP contribution in [0.25, 0.3) is 33.5 Å². The molecule has 2 amide bonds. The topological polar surface area (TPSA) is 419 Å². The lowest BCUT2D eigenvalue weighted by molar-refractivity contribution is -0.197. The van der Waals surface area contributed by atoms with Gasteiger partial charge >= 0.3 is 7.25 Å². The molecule has 1 aliphatic rings. The van der Waals surface area contributed by atoms with E-state index in [9.17, 15) is 24.0 Å². The van der Waals surface area contributed by atoms with Crippen molar-refractivity contribution in [2.24, 2.45) is 5.73 Å². The van der Waals surface area contributed by atoms with Gasteiger partial charge in [0, 0.05) is 73.4 Å². The Hall–Kier alpha value is -8.98. The van der Waals surface area contributed by atoms with E-state index in [4.69, 9.17) is 46.2 Å². The molecule has 0 aliphatic carbocycles. The number of amides is 2. The molecule has 100 heavy (non-hydrogen) atoms. The Bertz CT molecular complexity index is 4480. The number of aryl methyl sites for hydroxylation is 2. The van der Waals surface area contributed by atoms with Crippen molar-refractivity contribution in [2.45, 2.75) is 94.2 Å². The number of carbonyl (C=O) groups excluding carboxylic acids is 5. The molecule has 3 aromatic carbocycles. The first-order chi connectivity index (χ1) is 50.0. The van der Waals surface area contributed by atoms with Crippen molar-refractivity contribution in [2.75, 3.05) is 34.5 Å². The maximum absolute atomic E-state index is 12.2. The average Bonchev–Trinajstić information content (AvgIpc) is 1.64. The molecule has 0 saturated carbocycles. The number of nitrogens with zero attached hydrogens (tertiary/aromatic N) is 12. The molecular weight excluding hydrogens is 1430 g/mol. The van der Waals surface area contributed by atoms with Crippen LogP contribution < -0.4 is 37.1 Å². The molecule has 11 N–H and O–H groups in total. The van der Waals surface area contributed by atoms with Crippen LogP contribution in [0.5, 0.6) is 17.6 Å². The van der Waals surface area contributed by atoms with Crippen molar-refractivity contribution in [1.29, 1.82) is 1.28 Å². The first-order valence-corrected chi connectivity index (χ1v) is 39.3. The summed E-state index contributed by atoms with van der Waals surface area (Å²) in [4.78, 5) is 116. The van der Waals surface area contributed by atoms with Crippen molar-refractivity contribution in [3.8, 4) is 17.6 Å². The lowest BCUT2D eigenvalue weighted by Gasteiger charge is -2.12. The summed E-state index contributed by atoms with van der Waals surface area (Å²) in [5.41, 5.74) is 32.2. The second-order valence-corrected chi connectivity index (χ2v) is 28.9. The number of Topliss-reactive ketones (excluding diaryl/α,β-unsaturated/α-hetero) is 2. The number of H-pyrrole nitrogens is 3. The highest BCUT2D eigenvalue weighted by Crippen LogP contribution is 2.31. The van der Waals surface area contributed by atoms with Gasteiger partial charge in [-0.1, -0.05) is 107 Å². The third-order valence-corrected chi connectivity index (χ3v) is 18.4. The van der Waals surface area contributed by atoms with Gasteiger partial charge in [-0.25, -0.2) is 29.7 Å². The van der Waals surface area contributed by atoms with Crippen LogP contribution in [0, 0.1) is 0 Å². The van der Waals surface area contributed by atoms with Gasteiger partial charge < -0.3 is 56.9 Å². The number of benzene rings is 3. The van der Waals surface area contributed by atoms with E-state index >= 15 is 0 Å². The van der Waals surface area contributed by atoms with E-state index in [0.29, 0.717) is 120 Å². The number of hydroxylamine groups is 2. The molecule has 0 radical (unpaired) electrons. The quantitative estimate of drug-likeness (QED) is 0.00709. The minimum atomic E-state index is -0.870. The summed E-state index contributed by atoms with van der Waals surface area (Å²) in [6, 6.07) is 35.3. The number of rotatable bonds is 29. The normalized spacial score (nSPS) is 11.9. The van der Waals surface area contributed by atoms with Crippen molar-refractivity contribution in [3.63, 3.8) is 0 Å². The van der Waals surface area contributed by atoms with Gasteiger partial charge in [0.15, 0.2) is 35.7 Å². The molecule has 0 spiro atoms. The molecule has 1 fully saturated rings. The Balaban J connectivity index is 0.000000215. The van der Waals surface area contributed by atoms with Crippen LogP contribution in [0.3, 0.4) is 0 Å². The predicted octanol–water partition coefficient (Wildman–Crippen LogP) is 10.8. The average molecular weight is 1510 g/mol. The van der Waals surface area contributed by atoms with Crippen molar-refractivity contribution in [1.82, 2.24) is 74.8 Å². The summed E-state index contributed by atoms with van der Waals surface area (Å²) in [6.07, 6.45) is 12.1. The molecule has 9 heterocycles. The zero-order valence-corrected chi connectivity index (χ0v) is 60.5. The number of aromatic nitrogens is 14. The fraction of sp³-hybridized carbons (Fsp3) is 0.250. The number of nitrogens with two attached hydrogens (primary N) is 4. The second-order valence-electron chi connectivity index (χ2n) is 20.8. The number of ether oxygens (including phenoxy) is 3. The standard InChI is InChI=1S/C22H22N6O2S2.C17H19N5O2S.C13H14N6O.C12H12N2O4S2.H2P2S.2H2/c23-22-27-20-19(25-14-26-20)21(28-22)30-13-16-6-4-15(5-7-16)8-9-17(29)10-12-31-32-18-3-1-2-11-24-18;18-17-21-15-14(19-10-20-15)16(22-17)24-9-12-3-1-11(2-4-12)5-6-13(23)7-8-25;14-5-8-1-3-9(4-2-8)6-20-12-10-11(17-7-16-10)18-13(15)19-12;15-10-4-5-11(16)14(10)18-12(17)6-8-19-20-9-3-1-2-7-13-9;1-2-3;;/h1-7,11,14H,8-10,12-13H2,(H3,23,25,26,27,28);1-4,10,25H,5-9H2,(H3,18,19,20,21,22);1-4,7H,5-6,14H2,(H3,15,16,17,18,19);1-3,7H,4-6,8H2;1H2;2*1H/p+1/i;;;;;1+2D;1+2/hD.